The van der Waals surface area contributed by atoms with Crippen molar-refractivity contribution in [3.8, 4) is 0 Å². The van der Waals surface area contributed by atoms with Gasteiger partial charge in [-0.05, 0) is 23.4 Å². The van der Waals surface area contributed by atoms with Gasteiger partial charge in [0.25, 0.3) is 0 Å². The molecule has 2 aromatic heterocycles. The van der Waals surface area contributed by atoms with Crippen LogP contribution < -0.4 is 18.9 Å². The number of thiophene rings is 2. The topological polar surface area (TPSA) is 18.5 Å². The quantitative estimate of drug-likeness (QED) is 0.494. The van der Waals surface area contributed by atoms with E-state index in [-0.39, 0.29) is 18.9 Å². The maximum atomic E-state index is 6.05. The Morgan fingerprint density at radius 3 is 2.72 bits per heavy atom. The van der Waals surface area contributed by atoms with Gasteiger partial charge in [-0.25, -0.2) is 0 Å². The summed E-state index contributed by atoms with van der Waals surface area (Å²) < 4.78 is 12.1. The molecule has 1 spiro atoms. The molecule has 5 heteroatoms. The van der Waals surface area contributed by atoms with E-state index in [1.165, 1.54) is 20.9 Å². The van der Waals surface area contributed by atoms with Crippen LogP contribution in [0, 0.1) is 5.38 Å². The Morgan fingerprint density at radius 1 is 1.11 bits per heavy atom. The summed E-state index contributed by atoms with van der Waals surface area (Å²) in [5.41, 5.74) is 2.71. The van der Waals surface area contributed by atoms with Gasteiger partial charge >= 0.3 is 18.9 Å². The van der Waals surface area contributed by atoms with Gasteiger partial charge in [0.15, 0.2) is 5.79 Å². The summed E-state index contributed by atoms with van der Waals surface area (Å²) in [5, 5.41) is 5.36. The Balaban J connectivity index is 0.000001000. The van der Waals surface area contributed by atoms with Crippen molar-refractivity contribution in [1.82, 2.24) is 0 Å². The monoisotopic (exact) mass is 270 g/mol. The zero-order valence-corrected chi connectivity index (χ0v) is 11.8. The Hall–Kier alpha value is -0.0826. The van der Waals surface area contributed by atoms with Crippen molar-refractivity contribution in [3.63, 3.8) is 0 Å². The van der Waals surface area contributed by atoms with Gasteiger partial charge in [0, 0.05) is 6.61 Å². The molecule has 0 aliphatic carbocycles. The molecule has 1 atom stereocenters. The van der Waals surface area contributed by atoms with E-state index in [4.69, 9.17) is 9.47 Å². The van der Waals surface area contributed by atoms with Crippen LogP contribution in [-0.4, -0.2) is 13.2 Å². The zero-order chi connectivity index (χ0) is 11.3. The fourth-order valence-electron chi connectivity index (χ4n) is 2.59. The normalized spacial score (nSPS) is 25.3. The molecule has 2 aliphatic heterocycles. The molecule has 2 nitrogen and oxygen atoms in total. The molecular weight excluding hydrogens is 259 g/mol. The molecule has 0 bridgehead atoms. The summed E-state index contributed by atoms with van der Waals surface area (Å²) in [7, 11) is 0. The van der Waals surface area contributed by atoms with Gasteiger partial charge in [-0.15, -0.1) is 16.7 Å². The van der Waals surface area contributed by atoms with Crippen molar-refractivity contribution in [2.24, 2.45) is 0 Å². The van der Waals surface area contributed by atoms with Gasteiger partial charge in [-0.1, -0.05) is 11.3 Å². The average molecular weight is 270 g/mol. The Kier molecular flexibility index (Phi) is 3.44. The van der Waals surface area contributed by atoms with E-state index in [2.05, 4.69) is 22.9 Å². The molecule has 88 valence electrons. The van der Waals surface area contributed by atoms with Crippen LogP contribution in [0.3, 0.4) is 0 Å². The minimum absolute atomic E-state index is 0. The number of ether oxygens (including phenoxy) is 2. The first-order valence-corrected chi connectivity index (χ1v) is 7.44. The first-order chi connectivity index (χ1) is 8.40. The first-order valence-electron chi connectivity index (χ1n) is 5.74. The van der Waals surface area contributed by atoms with Gasteiger partial charge in [0.05, 0.1) is 11.5 Å². The summed E-state index contributed by atoms with van der Waals surface area (Å²) in [4.78, 5) is 2.44. The van der Waals surface area contributed by atoms with E-state index in [1.807, 2.05) is 0 Å². The Bertz CT molecular complexity index is 511. The predicted molar refractivity (Wildman–Crippen MR) is 67.6 cm³/mol. The summed E-state index contributed by atoms with van der Waals surface area (Å²) >= 11 is 3.37. The van der Waals surface area contributed by atoms with Crippen LogP contribution in [0.15, 0.2) is 17.5 Å². The Labute approximate surface area is 126 Å². The van der Waals surface area contributed by atoms with Crippen molar-refractivity contribution in [2.75, 3.05) is 13.2 Å². The second kappa shape index (κ2) is 4.79. The molecule has 4 rings (SSSR count). The number of fused-ring (bicyclic) bond motifs is 4. The second-order valence-corrected chi connectivity index (χ2v) is 6.07. The molecular formula is C13H11LiO2S2. The van der Waals surface area contributed by atoms with Crippen LogP contribution >= 0.6 is 22.7 Å². The largest absolute Gasteiger partial charge is 1.00 e. The summed E-state index contributed by atoms with van der Waals surface area (Å²) in [5.74, 6) is -0.611. The van der Waals surface area contributed by atoms with E-state index in [0.717, 1.165) is 26.1 Å². The molecule has 0 radical (unpaired) electrons. The van der Waals surface area contributed by atoms with E-state index >= 15 is 0 Å². The molecule has 0 aromatic carbocycles. The van der Waals surface area contributed by atoms with E-state index < -0.39 is 5.79 Å². The summed E-state index contributed by atoms with van der Waals surface area (Å²) in [6, 6.07) is 4.27. The number of rotatable bonds is 0. The SMILES string of the molecule is [Li+].[c-]1cc2c(s1)C1(OCC2)OCCc2ccsc21. The maximum absolute atomic E-state index is 6.05. The minimum Gasteiger partial charge on any atom is -0.352 e. The predicted octanol–water partition coefficient (Wildman–Crippen LogP) is -0.0397. The van der Waals surface area contributed by atoms with Gasteiger partial charge < -0.3 is 9.47 Å². The summed E-state index contributed by atoms with van der Waals surface area (Å²) in [6.45, 7) is 1.47. The molecule has 4 heterocycles. The van der Waals surface area contributed by atoms with Gasteiger partial charge in [0.2, 0.25) is 0 Å². The first kappa shape index (κ1) is 12.9. The van der Waals surface area contributed by atoms with Gasteiger partial charge in [0.1, 0.15) is 0 Å². The minimum atomic E-state index is -0.611. The second-order valence-electron chi connectivity index (χ2n) is 4.31. The number of hydrogen-bond donors (Lipinski definition) is 0. The standard InChI is InChI=1S/C13H11O2S2.Li/c1-5-14-13(11-9(1)3-7-16-11)12-10(2-6-15-13)4-8-17-12;/h3-4,7H,1-2,5-6H2;/q-1;+1. The van der Waals surface area contributed by atoms with Crippen molar-refractivity contribution in [2.45, 2.75) is 18.6 Å². The van der Waals surface area contributed by atoms with E-state index in [9.17, 15) is 0 Å². The Morgan fingerprint density at radius 2 is 1.89 bits per heavy atom. The summed E-state index contributed by atoms with van der Waals surface area (Å²) in [6.07, 6.45) is 1.97. The van der Waals surface area contributed by atoms with Crippen molar-refractivity contribution < 1.29 is 28.3 Å². The third-order valence-corrected chi connectivity index (χ3v) is 5.39. The van der Waals surface area contributed by atoms with E-state index in [0.29, 0.717) is 0 Å². The molecule has 18 heavy (non-hydrogen) atoms. The smallest absolute Gasteiger partial charge is 0.352 e. The molecule has 2 aliphatic rings. The van der Waals surface area contributed by atoms with Crippen molar-refractivity contribution >= 4 is 22.7 Å². The molecule has 1 unspecified atom stereocenters. The van der Waals surface area contributed by atoms with Gasteiger partial charge in [-0.3, -0.25) is 11.3 Å². The van der Waals surface area contributed by atoms with E-state index in [1.54, 1.807) is 22.7 Å². The molecule has 2 aromatic rings. The molecule has 0 fully saturated rings. The fraction of sp³-hybridized carbons (Fsp3) is 0.385. The molecule has 0 N–H and O–H groups in total. The van der Waals surface area contributed by atoms with Gasteiger partial charge in [-0.2, -0.15) is 11.6 Å². The van der Waals surface area contributed by atoms with Crippen LogP contribution in [0.1, 0.15) is 20.9 Å². The van der Waals surface area contributed by atoms with Crippen molar-refractivity contribution in [3.05, 3.63) is 43.8 Å². The molecule has 0 amide bonds. The van der Waals surface area contributed by atoms with Crippen LogP contribution in [0.4, 0.5) is 0 Å². The van der Waals surface area contributed by atoms with Crippen LogP contribution in [0.5, 0.6) is 0 Å². The fourth-order valence-corrected chi connectivity index (χ4v) is 4.69. The molecule has 0 saturated heterocycles. The third kappa shape index (κ3) is 1.68. The maximum Gasteiger partial charge on any atom is 1.00 e. The zero-order valence-electron chi connectivity index (χ0n) is 10.2. The van der Waals surface area contributed by atoms with Crippen LogP contribution in [0.2, 0.25) is 0 Å². The van der Waals surface area contributed by atoms with Crippen LogP contribution in [0.25, 0.3) is 0 Å². The average Bonchev–Trinajstić information content (AvgIpc) is 2.97. The van der Waals surface area contributed by atoms with Crippen molar-refractivity contribution in [1.29, 1.82) is 0 Å². The third-order valence-electron chi connectivity index (χ3n) is 3.38. The molecule has 0 saturated carbocycles. The van der Waals surface area contributed by atoms with Crippen LogP contribution in [-0.2, 0) is 28.1 Å². The number of hydrogen-bond acceptors (Lipinski definition) is 4.